The molecule has 1 amide bonds. The van der Waals surface area contributed by atoms with Gasteiger partial charge in [-0.25, -0.2) is 0 Å². The van der Waals surface area contributed by atoms with Crippen molar-refractivity contribution in [2.24, 2.45) is 11.8 Å². The van der Waals surface area contributed by atoms with Crippen LogP contribution in [0.25, 0.3) is 0 Å². The molecular weight excluding hydrogens is 318 g/mol. The average Bonchev–Trinajstić information content (AvgIpc) is 2.73. The van der Waals surface area contributed by atoms with Crippen LogP contribution in [0.5, 0.6) is 0 Å². The van der Waals surface area contributed by atoms with Gasteiger partial charge in [0.1, 0.15) is 0 Å². The number of hydrogen-bond donors (Lipinski definition) is 1. The predicted octanol–water partition coefficient (Wildman–Crippen LogP) is 4.76. The quantitative estimate of drug-likeness (QED) is 0.800. The third-order valence-electron chi connectivity index (χ3n) is 6.60. The van der Waals surface area contributed by atoms with Crippen molar-refractivity contribution in [3.05, 3.63) is 82.9 Å². The van der Waals surface area contributed by atoms with Gasteiger partial charge in [-0.2, -0.15) is 0 Å². The normalized spacial score (nSPS) is 28.3. The van der Waals surface area contributed by atoms with Crippen molar-refractivity contribution >= 4 is 5.91 Å². The second-order valence-electron chi connectivity index (χ2n) is 8.01. The van der Waals surface area contributed by atoms with Crippen molar-refractivity contribution in [1.82, 2.24) is 5.32 Å². The molecule has 4 aliphatic carbocycles. The second kappa shape index (κ2) is 6.42. The van der Waals surface area contributed by atoms with Crippen LogP contribution in [0.3, 0.4) is 0 Å². The molecule has 2 aromatic rings. The van der Waals surface area contributed by atoms with Gasteiger partial charge in [0.05, 0.1) is 0 Å². The van der Waals surface area contributed by atoms with E-state index < -0.39 is 0 Å². The van der Waals surface area contributed by atoms with Crippen LogP contribution < -0.4 is 5.32 Å². The van der Waals surface area contributed by atoms with Crippen molar-refractivity contribution < 1.29 is 4.79 Å². The number of amides is 1. The maximum atomic E-state index is 12.6. The minimum Gasteiger partial charge on any atom is -0.356 e. The molecule has 0 unspecified atom stereocenters. The monoisotopic (exact) mass is 343 g/mol. The van der Waals surface area contributed by atoms with Gasteiger partial charge in [0.25, 0.3) is 0 Å². The zero-order chi connectivity index (χ0) is 17.5. The molecule has 4 aliphatic rings. The topological polar surface area (TPSA) is 29.1 Å². The van der Waals surface area contributed by atoms with Crippen molar-refractivity contribution in [1.29, 1.82) is 0 Å². The van der Waals surface area contributed by atoms with Gasteiger partial charge >= 0.3 is 0 Å². The molecule has 6 rings (SSSR count). The zero-order valence-electron chi connectivity index (χ0n) is 15.0. The van der Waals surface area contributed by atoms with Crippen LogP contribution in [-0.4, -0.2) is 12.5 Å². The van der Waals surface area contributed by atoms with Crippen molar-refractivity contribution in [3.63, 3.8) is 0 Å². The summed E-state index contributed by atoms with van der Waals surface area (Å²) in [6, 6.07) is 17.8. The molecule has 2 heteroatoms. The Labute approximate surface area is 155 Å². The van der Waals surface area contributed by atoms with Crippen LogP contribution >= 0.6 is 0 Å². The molecule has 26 heavy (non-hydrogen) atoms. The predicted molar refractivity (Wildman–Crippen MR) is 104 cm³/mol. The molecule has 2 bridgehead atoms. The van der Waals surface area contributed by atoms with Crippen LogP contribution in [-0.2, 0) is 4.79 Å². The molecule has 1 N–H and O–H groups in total. The summed E-state index contributed by atoms with van der Waals surface area (Å²) in [5.74, 6) is 1.80. The Morgan fingerprint density at radius 1 is 0.923 bits per heavy atom. The molecule has 0 saturated carbocycles. The summed E-state index contributed by atoms with van der Waals surface area (Å²) in [7, 11) is 0. The summed E-state index contributed by atoms with van der Waals surface area (Å²) in [5, 5.41) is 3.30. The lowest BCUT2D eigenvalue weighted by Crippen LogP contribution is -2.41. The van der Waals surface area contributed by atoms with E-state index in [9.17, 15) is 4.79 Å². The Morgan fingerprint density at radius 3 is 2.19 bits per heavy atom. The number of nitrogens with one attached hydrogen (secondary N) is 1. The molecule has 132 valence electrons. The summed E-state index contributed by atoms with van der Waals surface area (Å²) < 4.78 is 0. The fraction of sp³-hybridized carbons (Fsp3) is 0.375. The summed E-state index contributed by atoms with van der Waals surface area (Å²) in [6.07, 6.45) is 8.41. The van der Waals surface area contributed by atoms with Crippen LogP contribution in [0, 0.1) is 11.8 Å². The number of allylic oxidation sites excluding steroid dienone is 2. The Bertz CT molecular complexity index is 821. The van der Waals surface area contributed by atoms with Gasteiger partial charge in [-0.05, 0) is 53.9 Å². The fourth-order valence-corrected chi connectivity index (χ4v) is 5.37. The van der Waals surface area contributed by atoms with E-state index in [1.807, 2.05) is 0 Å². The zero-order valence-corrected chi connectivity index (χ0v) is 15.0. The first kappa shape index (κ1) is 15.9. The number of hydrogen-bond acceptors (Lipinski definition) is 1. The van der Waals surface area contributed by atoms with Gasteiger partial charge in [0, 0.05) is 24.3 Å². The summed E-state index contributed by atoms with van der Waals surface area (Å²) in [4.78, 5) is 12.6. The fourth-order valence-electron chi connectivity index (χ4n) is 5.37. The van der Waals surface area contributed by atoms with E-state index in [1.54, 1.807) is 0 Å². The molecule has 0 radical (unpaired) electrons. The van der Waals surface area contributed by atoms with E-state index in [4.69, 9.17) is 0 Å². The summed E-state index contributed by atoms with van der Waals surface area (Å²) >= 11 is 0. The first-order valence-corrected chi connectivity index (χ1v) is 9.93. The Kier molecular flexibility index (Phi) is 3.92. The van der Waals surface area contributed by atoms with E-state index in [2.05, 4.69) is 66.0 Å². The largest absolute Gasteiger partial charge is 0.356 e. The second-order valence-corrected chi connectivity index (χ2v) is 8.01. The van der Waals surface area contributed by atoms with E-state index in [1.165, 1.54) is 22.3 Å². The highest BCUT2D eigenvalue weighted by molar-refractivity contribution is 5.79. The Hall–Kier alpha value is -2.35. The third-order valence-corrected chi connectivity index (χ3v) is 6.60. The SMILES string of the molecule is O=C(NC[C@H]1CC2c3ccccc3C1c1ccccc12)[C@@H]1CC=CCC1. The molecule has 2 nitrogen and oxygen atoms in total. The van der Waals surface area contributed by atoms with Gasteiger partial charge in [0.15, 0.2) is 0 Å². The standard InChI is InChI=1S/C24H25NO/c26-24(16-8-2-1-3-9-16)25-15-17-14-22-18-10-4-6-12-20(18)23(17)21-13-7-5-11-19(21)22/h1-2,4-7,10-13,16-17,22-23H,3,8-9,14-15H2,(H,25,26)/t16-,17-,22?,23?/m1/s1. The molecule has 0 spiro atoms. The van der Waals surface area contributed by atoms with Crippen LogP contribution in [0.2, 0.25) is 0 Å². The number of rotatable bonds is 3. The smallest absolute Gasteiger partial charge is 0.223 e. The highest BCUT2D eigenvalue weighted by atomic mass is 16.1. The maximum Gasteiger partial charge on any atom is 0.223 e. The number of carbonyl (C=O) groups is 1. The van der Waals surface area contributed by atoms with E-state index >= 15 is 0 Å². The minimum absolute atomic E-state index is 0.167. The van der Waals surface area contributed by atoms with E-state index in [0.29, 0.717) is 17.8 Å². The summed E-state index contributed by atoms with van der Waals surface area (Å²) in [5.41, 5.74) is 5.94. The van der Waals surface area contributed by atoms with Crippen molar-refractivity contribution in [3.8, 4) is 0 Å². The van der Waals surface area contributed by atoms with Gasteiger partial charge in [-0.3, -0.25) is 4.79 Å². The highest BCUT2D eigenvalue weighted by Gasteiger charge is 2.42. The average molecular weight is 343 g/mol. The minimum atomic E-state index is 0.167. The van der Waals surface area contributed by atoms with Gasteiger partial charge in [-0.1, -0.05) is 60.7 Å². The molecule has 0 aromatic heterocycles. The van der Waals surface area contributed by atoms with Crippen molar-refractivity contribution in [2.45, 2.75) is 37.5 Å². The Morgan fingerprint density at radius 2 is 1.58 bits per heavy atom. The molecule has 0 heterocycles. The van der Waals surface area contributed by atoms with Gasteiger partial charge in [0.2, 0.25) is 5.91 Å². The number of benzene rings is 2. The molecule has 2 atom stereocenters. The van der Waals surface area contributed by atoms with E-state index in [0.717, 1.165) is 32.2 Å². The lowest BCUT2D eigenvalue weighted by Gasteiger charge is -2.45. The molecular formula is C24H25NO. The Balaban J connectivity index is 1.40. The molecule has 2 aromatic carbocycles. The van der Waals surface area contributed by atoms with E-state index in [-0.39, 0.29) is 11.8 Å². The maximum absolute atomic E-state index is 12.6. The molecule has 0 fully saturated rings. The number of fused-ring (bicyclic) bond motifs is 1. The van der Waals surface area contributed by atoms with Gasteiger partial charge < -0.3 is 5.32 Å². The lowest BCUT2D eigenvalue weighted by molar-refractivity contribution is -0.125. The van der Waals surface area contributed by atoms with Crippen molar-refractivity contribution in [2.75, 3.05) is 6.54 Å². The third kappa shape index (κ3) is 2.51. The lowest BCUT2D eigenvalue weighted by atomic mass is 9.59. The first-order chi connectivity index (χ1) is 12.8. The molecule has 0 saturated heterocycles. The summed E-state index contributed by atoms with van der Waals surface area (Å²) in [6.45, 7) is 0.795. The molecule has 0 aliphatic heterocycles. The van der Waals surface area contributed by atoms with Crippen LogP contribution in [0.1, 0.15) is 59.8 Å². The highest BCUT2D eigenvalue weighted by Crippen LogP contribution is 2.55. The first-order valence-electron chi connectivity index (χ1n) is 9.93. The van der Waals surface area contributed by atoms with Gasteiger partial charge in [-0.15, -0.1) is 0 Å². The van der Waals surface area contributed by atoms with Crippen LogP contribution in [0.4, 0.5) is 0 Å². The van der Waals surface area contributed by atoms with Crippen LogP contribution in [0.15, 0.2) is 60.7 Å². The number of carbonyl (C=O) groups excluding carboxylic acids is 1.